The maximum Gasteiger partial charge on any atom is 0.328 e. The number of nitrogens with zero attached hydrogens (tertiary/aromatic N) is 1. The van der Waals surface area contributed by atoms with E-state index in [0.29, 0.717) is 5.76 Å². The fourth-order valence-electron chi connectivity index (χ4n) is 0.713. The van der Waals surface area contributed by atoms with Crippen LogP contribution in [0.5, 0.6) is 0 Å². The number of aromatic nitrogens is 1. The van der Waals surface area contributed by atoms with Gasteiger partial charge in [0.2, 0.25) is 5.91 Å². The minimum absolute atomic E-state index is 0.183. The molecule has 0 spiro atoms. The SMILES string of the molecule is O=C(O)/C=C/C(=O)NCc1ccno1. The van der Waals surface area contributed by atoms with Gasteiger partial charge in [0, 0.05) is 18.2 Å². The molecule has 0 saturated heterocycles. The number of rotatable bonds is 4. The average molecular weight is 196 g/mol. The van der Waals surface area contributed by atoms with Gasteiger partial charge >= 0.3 is 5.97 Å². The molecule has 0 aromatic carbocycles. The van der Waals surface area contributed by atoms with Crippen LogP contribution in [0.4, 0.5) is 0 Å². The second-order valence-corrected chi connectivity index (χ2v) is 2.37. The molecule has 1 rings (SSSR count). The molecule has 0 aliphatic rings. The van der Waals surface area contributed by atoms with Gasteiger partial charge in [-0.05, 0) is 0 Å². The molecule has 0 aliphatic carbocycles. The van der Waals surface area contributed by atoms with Crippen molar-refractivity contribution in [2.24, 2.45) is 0 Å². The highest BCUT2D eigenvalue weighted by Crippen LogP contribution is 1.94. The summed E-state index contributed by atoms with van der Waals surface area (Å²) in [6.07, 6.45) is 3.14. The molecule has 0 bridgehead atoms. The number of hydrogen-bond acceptors (Lipinski definition) is 4. The first-order valence-electron chi connectivity index (χ1n) is 3.77. The maximum atomic E-state index is 10.9. The van der Waals surface area contributed by atoms with E-state index in [0.717, 1.165) is 12.2 Å². The van der Waals surface area contributed by atoms with E-state index < -0.39 is 11.9 Å². The minimum Gasteiger partial charge on any atom is -0.478 e. The summed E-state index contributed by atoms with van der Waals surface area (Å²) in [6, 6.07) is 1.60. The van der Waals surface area contributed by atoms with Crippen molar-refractivity contribution in [3.8, 4) is 0 Å². The molecule has 0 fully saturated rings. The first-order chi connectivity index (χ1) is 6.68. The predicted molar refractivity (Wildman–Crippen MR) is 45.1 cm³/mol. The Balaban J connectivity index is 2.32. The molecule has 14 heavy (non-hydrogen) atoms. The van der Waals surface area contributed by atoms with Crippen molar-refractivity contribution in [1.29, 1.82) is 0 Å². The highest BCUT2D eigenvalue weighted by atomic mass is 16.5. The van der Waals surface area contributed by atoms with Gasteiger partial charge in [-0.25, -0.2) is 4.79 Å². The van der Waals surface area contributed by atoms with Crippen molar-refractivity contribution in [2.45, 2.75) is 6.54 Å². The zero-order valence-electron chi connectivity index (χ0n) is 7.14. The zero-order chi connectivity index (χ0) is 10.4. The topological polar surface area (TPSA) is 92.4 Å². The van der Waals surface area contributed by atoms with E-state index in [4.69, 9.17) is 9.63 Å². The Kier molecular flexibility index (Phi) is 3.42. The number of carbonyl (C=O) groups excluding carboxylic acids is 1. The number of nitrogens with one attached hydrogen (secondary N) is 1. The van der Waals surface area contributed by atoms with Gasteiger partial charge in [0.15, 0.2) is 5.76 Å². The predicted octanol–water partition coefficient (Wildman–Crippen LogP) is -0.0684. The Labute approximate surface area is 79.2 Å². The molecule has 0 aliphatic heterocycles. The molecule has 2 N–H and O–H groups in total. The van der Waals surface area contributed by atoms with E-state index in [1.165, 1.54) is 6.20 Å². The summed E-state index contributed by atoms with van der Waals surface area (Å²) in [4.78, 5) is 21.0. The van der Waals surface area contributed by atoms with E-state index in [-0.39, 0.29) is 6.54 Å². The molecule has 6 heteroatoms. The van der Waals surface area contributed by atoms with Gasteiger partial charge in [-0.1, -0.05) is 5.16 Å². The molecule has 1 aromatic rings. The second kappa shape index (κ2) is 4.80. The molecule has 6 nitrogen and oxygen atoms in total. The van der Waals surface area contributed by atoms with Crippen LogP contribution >= 0.6 is 0 Å². The Morgan fingerprint density at radius 2 is 2.36 bits per heavy atom. The number of carboxylic acids is 1. The minimum atomic E-state index is -1.17. The lowest BCUT2D eigenvalue weighted by atomic mass is 10.4. The van der Waals surface area contributed by atoms with Crippen molar-refractivity contribution in [3.63, 3.8) is 0 Å². The van der Waals surface area contributed by atoms with Crippen LogP contribution in [0, 0.1) is 0 Å². The van der Waals surface area contributed by atoms with Gasteiger partial charge in [-0.2, -0.15) is 0 Å². The summed E-state index contributed by atoms with van der Waals surface area (Å²) in [5, 5.41) is 14.1. The first-order valence-corrected chi connectivity index (χ1v) is 3.77. The molecule has 0 radical (unpaired) electrons. The van der Waals surface area contributed by atoms with Gasteiger partial charge in [0.25, 0.3) is 0 Å². The molecule has 1 amide bonds. The average Bonchev–Trinajstić information content (AvgIpc) is 2.63. The molecule has 1 aromatic heterocycles. The Morgan fingerprint density at radius 3 is 2.93 bits per heavy atom. The summed E-state index contributed by atoms with van der Waals surface area (Å²) in [7, 11) is 0. The van der Waals surface area contributed by atoms with Crippen LogP contribution in [0.2, 0.25) is 0 Å². The summed E-state index contributed by atoms with van der Waals surface area (Å²) in [5.74, 6) is -1.16. The number of aliphatic carboxylic acids is 1. The third-order valence-electron chi connectivity index (χ3n) is 1.31. The standard InChI is InChI=1S/C8H8N2O4/c11-7(1-2-8(12)13)9-5-6-3-4-10-14-6/h1-4H,5H2,(H,9,11)(H,12,13)/b2-1+. The van der Waals surface area contributed by atoms with Crippen molar-refractivity contribution >= 4 is 11.9 Å². The number of carbonyl (C=O) groups is 2. The highest BCUT2D eigenvalue weighted by Gasteiger charge is 1.99. The second-order valence-electron chi connectivity index (χ2n) is 2.37. The lowest BCUT2D eigenvalue weighted by Crippen LogP contribution is -2.20. The van der Waals surface area contributed by atoms with Gasteiger partial charge in [-0.3, -0.25) is 4.79 Å². The fourth-order valence-corrected chi connectivity index (χ4v) is 0.713. The van der Waals surface area contributed by atoms with Gasteiger partial charge < -0.3 is 14.9 Å². The Morgan fingerprint density at radius 1 is 1.57 bits per heavy atom. The van der Waals surface area contributed by atoms with Crippen molar-refractivity contribution < 1.29 is 19.2 Å². The molecule has 74 valence electrons. The van der Waals surface area contributed by atoms with E-state index >= 15 is 0 Å². The molecule has 0 saturated carbocycles. The lowest BCUT2D eigenvalue weighted by molar-refractivity contribution is -0.131. The maximum absolute atomic E-state index is 10.9. The smallest absolute Gasteiger partial charge is 0.328 e. The van der Waals surface area contributed by atoms with Crippen LogP contribution < -0.4 is 5.32 Å². The number of carboxylic acid groups (broad SMARTS) is 1. The molecule has 0 atom stereocenters. The van der Waals surface area contributed by atoms with E-state index in [1.54, 1.807) is 6.07 Å². The summed E-state index contributed by atoms with van der Waals surface area (Å²) < 4.78 is 4.70. The largest absolute Gasteiger partial charge is 0.478 e. The van der Waals surface area contributed by atoms with Crippen LogP contribution in [0.3, 0.4) is 0 Å². The third-order valence-corrected chi connectivity index (χ3v) is 1.31. The summed E-state index contributed by atoms with van der Waals surface area (Å²) in [5.41, 5.74) is 0. The van der Waals surface area contributed by atoms with Crippen molar-refractivity contribution in [2.75, 3.05) is 0 Å². The van der Waals surface area contributed by atoms with Crippen LogP contribution in [0.1, 0.15) is 5.76 Å². The fraction of sp³-hybridized carbons (Fsp3) is 0.125. The van der Waals surface area contributed by atoms with Crippen molar-refractivity contribution in [1.82, 2.24) is 10.5 Å². The van der Waals surface area contributed by atoms with Gasteiger partial charge in [0.05, 0.1) is 12.7 Å². The van der Waals surface area contributed by atoms with Crippen LogP contribution in [-0.2, 0) is 16.1 Å². The monoisotopic (exact) mass is 196 g/mol. The Hall–Kier alpha value is -2.11. The lowest BCUT2D eigenvalue weighted by Gasteiger charge is -1.96. The third kappa shape index (κ3) is 3.53. The zero-order valence-corrected chi connectivity index (χ0v) is 7.14. The summed E-state index contributed by atoms with van der Waals surface area (Å²) in [6.45, 7) is 0.183. The molecule has 0 unspecified atom stereocenters. The van der Waals surface area contributed by atoms with E-state index in [1.807, 2.05) is 0 Å². The number of hydrogen-bond donors (Lipinski definition) is 2. The van der Waals surface area contributed by atoms with Crippen LogP contribution in [0.25, 0.3) is 0 Å². The van der Waals surface area contributed by atoms with Crippen LogP contribution in [-0.4, -0.2) is 22.1 Å². The summed E-state index contributed by atoms with van der Waals surface area (Å²) >= 11 is 0. The van der Waals surface area contributed by atoms with Crippen LogP contribution in [0.15, 0.2) is 28.9 Å². The highest BCUT2D eigenvalue weighted by molar-refractivity contribution is 5.93. The molecular formula is C8H8N2O4. The molecular weight excluding hydrogens is 188 g/mol. The normalized spacial score (nSPS) is 10.3. The van der Waals surface area contributed by atoms with Gasteiger partial charge in [-0.15, -0.1) is 0 Å². The molecule has 1 heterocycles. The van der Waals surface area contributed by atoms with Crippen molar-refractivity contribution in [3.05, 3.63) is 30.2 Å². The van der Waals surface area contributed by atoms with E-state index in [9.17, 15) is 9.59 Å². The quantitative estimate of drug-likeness (QED) is 0.657. The van der Waals surface area contributed by atoms with Gasteiger partial charge in [0.1, 0.15) is 0 Å². The Bertz CT molecular complexity index is 342. The first kappa shape index (κ1) is 9.97. The number of amides is 1. The van der Waals surface area contributed by atoms with E-state index in [2.05, 4.69) is 10.5 Å².